The predicted molar refractivity (Wildman–Crippen MR) is 116 cm³/mol. The standard InChI is InChI=1S/C18H20BrN5OS.ClH/c1-3-23(4-2)9-10-24(17(25)15-12-20-7-8-21-15)18-22-14-6-5-13(19)11-16(14)26-18;/h5-8,11-12H,3-4,9-10H2,1-2H3;1H. The van der Waals surface area contributed by atoms with Gasteiger partial charge in [-0.25, -0.2) is 9.97 Å². The topological polar surface area (TPSA) is 62.2 Å². The number of fused-ring (bicyclic) bond motifs is 1. The first kappa shape index (κ1) is 21.7. The van der Waals surface area contributed by atoms with Crippen LogP contribution < -0.4 is 4.90 Å². The molecule has 0 atom stereocenters. The summed E-state index contributed by atoms with van der Waals surface area (Å²) >= 11 is 4.99. The highest BCUT2D eigenvalue weighted by molar-refractivity contribution is 9.10. The van der Waals surface area contributed by atoms with Crippen LogP contribution in [0.4, 0.5) is 5.13 Å². The molecule has 27 heavy (non-hydrogen) atoms. The van der Waals surface area contributed by atoms with Crippen molar-refractivity contribution in [1.82, 2.24) is 19.9 Å². The molecule has 1 amide bonds. The van der Waals surface area contributed by atoms with Gasteiger partial charge in [0.15, 0.2) is 5.13 Å². The molecule has 0 saturated heterocycles. The zero-order valence-electron chi connectivity index (χ0n) is 15.1. The van der Waals surface area contributed by atoms with Gasteiger partial charge in [0.25, 0.3) is 5.91 Å². The van der Waals surface area contributed by atoms with E-state index in [2.05, 4.69) is 49.6 Å². The van der Waals surface area contributed by atoms with Gasteiger partial charge in [0.05, 0.1) is 16.4 Å². The molecule has 0 aliphatic rings. The molecule has 0 N–H and O–H groups in total. The first-order valence-electron chi connectivity index (χ1n) is 8.48. The van der Waals surface area contributed by atoms with Crippen molar-refractivity contribution >= 4 is 60.9 Å². The van der Waals surface area contributed by atoms with Gasteiger partial charge in [-0.1, -0.05) is 41.1 Å². The first-order chi connectivity index (χ1) is 12.6. The van der Waals surface area contributed by atoms with Crippen LogP contribution in [0.2, 0.25) is 0 Å². The lowest BCUT2D eigenvalue weighted by molar-refractivity contribution is 0.0978. The lowest BCUT2D eigenvalue weighted by Gasteiger charge is -2.24. The van der Waals surface area contributed by atoms with Crippen LogP contribution in [-0.2, 0) is 0 Å². The minimum absolute atomic E-state index is 0. The molecule has 0 radical (unpaired) electrons. The molecular weight excluding hydrogens is 450 g/mol. The van der Waals surface area contributed by atoms with E-state index >= 15 is 0 Å². The molecule has 0 saturated carbocycles. The fraction of sp³-hybridized carbons (Fsp3) is 0.333. The van der Waals surface area contributed by atoms with Gasteiger partial charge < -0.3 is 4.90 Å². The number of hydrogen-bond acceptors (Lipinski definition) is 6. The summed E-state index contributed by atoms with van der Waals surface area (Å²) in [5.74, 6) is -0.177. The number of nitrogens with zero attached hydrogens (tertiary/aromatic N) is 5. The molecule has 2 heterocycles. The maximum Gasteiger partial charge on any atom is 0.280 e. The maximum absolute atomic E-state index is 13.0. The SMILES string of the molecule is CCN(CC)CCN(C(=O)c1cnccn1)c1nc2ccc(Br)cc2s1.Cl. The van der Waals surface area contributed by atoms with Crippen LogP contribution in [0, 0.1) is 0 Å². The summed E-state index contributed by atoms with van der Waals surface area (Å²) in [5.41, 5.74) is 1.21. The molecule has 2 aromatic heterocycles. The molecule has 0 aliphatic carbocycles. The van der Waals surface area contributed by atoms with E-state index in [9.17, 15) is 4.79 Å². The minimum atomic E-state index is -0.177. The van der Waals surface area contributed by atoms with Gasteiger partial charge in [-0.3, -0.25) is 14.7 Å². The number of hydrogen-bond donors (Lipinski definition) is 0. The largest absolute Gasteiger partial charge is 0.302 e. The van der Waals surface area contributed by atoms with Crippen LogP contribution in [0.1, 0.15) is 24.3 Å². The highest BCUT2D eigenvalue weighted by atomic mass is 79.9. The van der Waals surface area contributed by atoms with Gasteiger partial charge in [0.2, 0.25) is 0 Å². The molecule has 0 fully saturated rings. The predicted octanol–water partition coefficient (Wildman–Crippen LogP) is 4.26. The fourth-order valence-electron chi connectivity index (χ4n) is 2.61. The normalized spacial score (nSPS) is 10.8. The van der Waals surface area contributed by atoms with Gasteiger partial charge in [-0.2, -0.15) is 0 Å². The Morgan fingerprint density at radius 3 is 2.63 bits per heavy atom. The molecule has 0 spiro atoms. The highest BCUT2D eigenvalue weighted by Crippen LogP contribution is 2.31. The Kier molecular flexibility index (Phi) is 8.09. The summed E-state index contributed by atoms with van der Waals surface area (Å²) in [6.07, 6.45) is 4.59. The van der Waals surface area contributed by atoms with Crippen LogP contribution in [0.25, 0.3) is 10.2 Å². The molecule has 0 bridgehead atoms. The lowest BCUT2D eigenvalue weighted by atomic mass is 10.3. The number of aromatic nitrogens is 3. The summed E-state index contributed by atoms with van der Waals surface area (Å²) in [6, 6.07) is 5.93. The second-order valence-corrected chi connectivity index (χ2v) is 7.61. The molecule has 0 unspecified atom stereocenters. The second-order valence-electron chi connectivity index (χ2n) is 5.68. The Balaban J connectivity index is 0.00000261. The first-order valence-corrected chi connectivity index (χ1v) is 10.1. The van der Waals surface area contributed by atoms with Crippen molar-refractivity contribution in [3.63, 3.8) is 0 Å². The van der Waals surface area contributed by atoms with E-state index in [1.165, 1.54) is 23.7 Å². The number of rotatable bonds is 7. The van der Waals surface area contributed by atoms with Gasteiger partial charge >= 0.3 is 0 Å². The Hall–Kier alpha value is -1.61. The van der Waals surface area contributed by atoms with Crippen molar-refractivity contribution in [3.05, 3.63) is 47.0 Å². The number of carbonyl (C=O) groups excluding carboxylic acids is 1. The summed E-state index contributed by atoms with van der Waals surface area (Å²) in [5, 5.41) is 0.681. The number of benzene rings is 1. The summed E-state index contributed by atoms with van der Waals surface area (Å²) in [7, 11) is 0. The Bertz CT molecular complexity index is 888. The number of thiazole rings is 1. The molecule has 6 nitrogen and oxygen atoms in total. The van der Waals surface area contributed by atoms with Gasteiger partial charge in [0.1, 0.15) is 5.69 Å². The van der Waals surface area contributed by atoms with E-state index in [-0.39, 0.29) is 18.3 Å². The van der Waals surface area contributed by atoms with Gasteiger partial charge in [0, 0.05) is 30.0 Å². The maximum atomic E-state index is 13.0. The van der Waals surface area contributed by atoms with E-state index in [0.717, 1.165) is 34.3 Å². The summed E-state index contributed by atoms with van der Waals surface area (Å²) in [6.45, 7) is 7.45. The van der Waals surface area contributed by atoms with E-state index in [1.54, 1.807) is 11.1 Å². The van der Waals surface area contributed by atoms with Crippen molar-refractivity contribution in [1.29, 1.82) is 0 Å². The van der Waals surface area contributed by atoms with Crippen LogP contribution >= 0.6 is 39.7 Å². The van der Waals surface area contributed by atoms with E-state index in [4.69, 9.17) is 0 Å². The third-order valence-corrected chi connectivity index (χ3v) is 5.67. The van der Waals surface area contributed by atoms with Crippen molar-refractivity contribution in [2.75, 3.05) is 31.1 Å². The highest BCUT2D eigenvalue weighted by Gasteiger charge is 2.23. The molecule has 1 aromatic carbocycles. The number of halogens is 2. The third-order valence-electron chi connectivity index (χ3n) is 4.13. The molecule has 144 valence electrons. The van der Waals surface area contributed by atoms with Gasteiger partial charge in [-0.05, 0) is 31.3 Å². The average Bonchev–Trinajstić information content (AvgIpc) is 3.08. The van der Waals surface area contributed by atoms with E-state index in [0.29, 0.717) is 17.4 Å². The van der Waals surface area contributed by atoms with Crippen LogP contribution in [0.15, 0.2) is 41.3 Å². The van der Waals surface area contributed by atoms with Gasteiger partial charge in [-0.15, -0.1) is 12.4 Å². The third kappa shape index (κ3) is 5.22. The Morgan fingerprint density at radius 1 is 1.19 bits per heavy atom. The molecule has 0 aliphatic heterocycles. The van der Waals surface area contributed by atoms with Crippen molar-refractivity contribution in [2.45, 2.75) is 13.8 Å². The second kappa shape index (κ2) is 10.1. The monoisotopic (exact) mass is 469 g/mol. The van der Waals surface area contributed by atoms with Crippen LogP contribution in [0.5, 0.6) is 0 Å². The zero-order valence-corrected chi connectivity index (χ0v) is 18.4. The average molecular weight is 471 g/mol. The van der Waals surface area contributed by atoms with Crippen LogP contribution in [-0.4, -0.2) is 51.9 Å². The molecule has 3 rings (SSSR count). The molecular formula is C18H21BrClN5OS. The van der Waals surface area contributed by atoms with Crippen molar-refractivity contribution in [3.8, 4) is 0 Å². The van der Waals surface area contributed by atoms with Crippen molar-refractivity contribution in [2.24, 2.45) is 0 Å². The number of carbonyl (C=O) groups is 1. The Labute approximate surface area is 177 Å². The Morgan fingerprint density at radius 2 is 1.96 bits per heavy atom. The van der Waals surface area contributed by atoms with Crippen molar-refractivity contribution < 1.29 is 4.79 Å². The number of amides is 1. The lowest BCUT2D eigenvalue weighted by Crippen LogP contribution is -2.39. The molecule has 9 heteroatoms. The van der Waals surface area contributed by atoms with E-state index in [1.807, 2.05) is 18.2 Å². The zero-order chi connectivity index (χ0) is 18.5. The van der Waals surface area contributed by atoms with E-state index < -0.39 is 0 Å². The summed E-state index contributed by atoms with van der Waals surface area (Å²) < 4.78 is 2.03. The minimum Gasteiger partial charge on any atom is -0.302 e. The summed E-state index contributed by atoms with van der Waals surface area (Å²) in [4.78, 5) is 29.9. The number of anilines is 1. The quantitative estimate of drug-likeness (QED) is 0.516. The smallest absolute Gasteiger partial charge is 0.280 e. The fourth-order valence-corrected chi connectivity index (χ4v) is 4.16. The number of likely N-dealkylation sites (N-methyl/N-ethyl adjacent to an activating group) is 1. The van der Waals surface area contributed by atoms with Crippen LogP contribution in [0.3, 0.4) is 0 Å². The molecule has 3 aromatic rings.